The van der Waals surface area contributed by atoms with E-state index in [0.29, 0.717) is 5.95 Å². The highest BCUT2D eigenvalue weighted by Gasteiger charge is 2.21. The number of imidazole rings is 1. The topological polar surface area (TPSA) is 64.7 Å². The van der Waals surface area contributed by atoms with Crippen molar-refractivity contribution >= 4 is 33.2 Å². The number of nitrogens with one attached hydrogen (secondary N) is 1. The third-order valence-electron chi connectivity index (χ3n) is 5.30. The first kappa shape index (κ1) is 17.2. The van der Waals surface area contributed by atoms with Crippen molar-refractivity contribution in [3.8, 4) is 0 Å². The third-order valence-corrected chi connectivity index (χ3v) is 6.49. The van der Waals surface area contributed by atoms with Gasteiger partial charge in [-0.15, -0.1) is 11.3 Å². The van der Waals surface area contributed by atoms with E-state index in [1.807, 2.05) is 22.9 Å². The fourth-order valence-electron chi connectivity index (χ4n) is 3.87. The lowest BCUT2D eigenvalue weighted by molar-refractivity contribution is 0.699. The highest BCUT2D eigenvalue weighted by molar-refractivity contribution is 7.18. The van der Waals surface area contributed by atoms with Crippen LogP contribution in [0.4, 0.5) is 11.6 Å². The first-order valence-electron chi connectivity index (χ1n) is 9.52. The van der Waals surface area contributed by atoms with Gasteiger partial charge in [-0.25, -0.2) is 9.97 Å². The van der Waals surface area contributed by atoms with Gasteiger partial charge < -0.3 is 9.88 Å². The lowest BCUT2D eigenvalue weighted by Crippen LogP contribution is -2.21. The van der Waals surface area contributed by atoms with E-state index in [-0.39, 0.29) is 5.56 Å². The van der Waals surface area contributed by atoms with E-state index in [1.165, 1.54) is 16.9 Å². The van der Waals surface area contributed by atoms with Gasteiger partial charge in [0.15, 0.2) is 0 Å². The molecular weight excluding hydrogens is 370 g/mol. The van der Waals surface area contributed by atoms with Gasteiger partial charge in [-0.05, 0) is 48.9 Å². The Bertz CT molecular complexity index is 1210. The number of fused-ring (bicyclic) bond motifs is 3. The van der Waals surface area contributed by atoms with E-state index in [1.54, 1.807) is 35.5 Å². The molecule has 1 N–H and O–H groups in total. The van der Waals surface area contributed by atoms with Crippen LogP contribution in [0.5, 0.6) is 0 Å². The van der Waals surface area contributed by atoms with Crippen molar-refractivity contribution in [2.24, 2.45) is 7.05 Å². The number of hydrogen-bond donors (Lipinski definition) is 1. The van der Waals surface area contributed by atoms with Crippen LogP contribution in [-0.4, -0.2) is 19.1 Å². The second-order valence-corrected chi connectivity index (χ2v) is 8.33. The van der Waals surface area contributed by atoms with Gasteiger partial charge in [0.2, 0.25) is 5.95 Å². The normalized spacial score (nSPS) is 13.6. The van der Waals surface area contributed by atoms with Gasteiger partial charge in [-0.2, -0.15) is 0 Å². The van der Waals surface area contributed by atoms with E-state index in [4.69, 9.17) is 4.98 Å². The van der Waals surface area contributed by atoms with Crippen LogP contribution in [-0.2, 0) is 26.4 Å². The molecule has 7 heteroatoms. The Labute approximate surface area is 166 Å². The zero-order valence-corrected chi connectivity index (χ0v) is 16.5. The fourth-order valence-corrected chi connectivity index (χ4v) is 5.12. The third kappa shape index (κ3) is 3.01. The van der Waals surface area contributed by atoms with Gasteiger partial charge in [-0.3, -0.25) is 9.36 Å². The summed E-state index contributed by atoms with van der Waals surface area (Å²) in [5, 5.41) is 4.16. The van der Waals surface area contributed by atoms with Crippen molar-refractivity contribution in [1.82, 2.24) is 19.1 Å². The number of benzene rings is 1. The Morgan fingerprint density at radius 2 is 2.14 bits per heavy atom. The Balaban J connectivity index is 1.50. The Hall–Kier alpha value is -2.93. The molecule has 1 aromatic carbocycles. The summed E-state index contributed by atoms with van der Waals surface area (Å²) in [5.41, 5.74) is 3.34. The standard InChI is InChI=1S/C21H21N5OS/c1-25-20(27)18-16-7-2-3-8-17(16)28-19(18)24-21(25)23-15-6-4-5-14(11-15)12-26-10-9-22-13-26/h4-6,9-11,13H,2-3,7-8,12H2,1H3,(H,23,24). The molecule has 0 spiro atoms. The van der Waals surface area contributed by atoms with Crippen LogP contribution in [0.25, 0.3) is 10.2 Å². The van der Waals surface area contributed by atoms with E-state index in [0.717, 1.165) is 47.3 Å². The van der Waals surface area contributed by atoms with Crippen LogP contribution >= 0.6 is 11.3 Å². The molecule has 1 aliphatic carbocycles. The van der Waals surface area contributed by atoms with Crippen LogP contribution in [0.1, 0.15) is 28.8 Å². The van der Waals surface area contributed by atoms with Crippen LogP contribution in [0, 0.1) is 0 Å². The average molecular weight is 392 g/mol. The number of aromatic nitrogens is 4. The molecule has 3 heterocycles. The molecule has 0 unspecified atom stereocenters. The molecule has 142 valence electrons. The number of thiophene rings is 1. The first-order valence-corrected chi connectivity index (χ1v) is 10.3. The van der Waals surface area contributed by atoms with Gasteiger partial charge in [0, 0.05) is 36.6 Å². The lowest BCUT2D eigenvalue weighted by atomic mass is 9.97. The molecule has 0 saturated carbocycles. The van der Waals surface area contributed by atoms with E-state index >= 15 is 0 Å². The predicted octanol–water partition coefficient (Wildman–Crippen LogP) is 3.86. The van der Waals surface area contributed by atoms with Gasteiger partial charge in [-0.1, -0.05) is 12.1 Å². The number of nitrogens with zero attached hydrogens (tertiary/aromatic N) is 4. The van der Waals surface area contributed by atoms with Crippen molar-refractivity contribution in [3.05, 3.63) is 69.3 Å². The summed E-state index contributed by atoms with van der Waals surface area (Å²) in [6.45, 7) is 0.749. The second-order valence-electron chi connectivity index (χ2n) is 7.25. The van der Waals surface area contributed by atoms with E-state index < -0.39 is 0 Å². The van der Waals surface area contributed by atoms with Crippen LogP contribution < -0.4 is 10.9 Å². The molecule has 1 aliphatic rings. The van der Waals surface area contributed by atoms with Crippen molar-refractivity contribution in [2.45, 2.75) is 32.2 Å². The minimum atomic E-state index is 0.0430. The zero-order valence-electron chi connectivity index (χ0n) is 15.7. The summed E-state index contributed by atoms with van der Waals surface area (Å²) in [6.07, 6.45) is 9.95. The molecule has 0 radical (unpaired) electrons. The minimum Gasteiger partial charge on any atom is -0.333 e. The fraction of sp³-hybridized carbons (Fsp3) is 0.286. The molecule has 4 aromatic rings. The molecule has 5 rings (SSSR count). The summed E-state index contributed by atoms with van der Waals surface area (Å²) in [4.78, 5) is 24.1. The predicted molar refractivity (Wildman–Crippen MR) is 113 cm³/mol. The summed E-state index contributed by atoms with van der Waals surface area (Å²) in [6, 6.07) is 8.16. The zero-order chi connectivity index (χ0) is 19.1. The van der Waals surface area contributed by atoms with E-state index in [9.17, 15) is 4.79 Å². The Kier molecular flexibility index (Phi) is 4.24. The monoisotopic (exact) mass is 391 g/mol. The maximum Gasteiger partial charge on any atom is 0.263 e. The maximum atomic E-state index is 13.0. The van der Waals surface area contributed by atoms with Crippen molar-refractivity contribution in [3.63, 3.8) is 0 Å². The van der Waals surface area contributed by atoms with Crippen LogP contribution in [0.3, 0.4) is 0 Å². The first-order chi connectivity index (χ1) is 13.7. The lowest BCUT2D eigenvalue weighted by Gasteiger charge is -2.12. The second kappa shape index (κ2) is 6.91. The Morgan fingerprint density at radius 1 is 1.25 bits per heavy atom. The number of hydrogen-bond acceptors (Lipinski definition) is 5. The number of rotatable bonds is 4. The van der Waals surface area contributed by atoms with E-state index in [2.05, 4.69) is 22.4 Å². The summed E-state index contributed by atoms with van der Waals surface area (Å²) in [7, 11) is 1.79. The number of aryl methyl sites for hydroxylation is 2. The maximum absolute atomic E-state index is 13.0. The highest BCUT2D eigenvalue weighted by Crippen LogP contribution is 2.34. The molecule has 0 bridgehead atoms. The van der Waals surface area contributed by atoms with Gasteiger partial charge in [0.1, 0.15) is 4.83 Å². The van der Waals surface area contributed by atoms with Gasteiger partial charge in [0.25, 0.3) is 5.56 Å². The summed E-state index contributed by atoms with van der Waals surface area (Å²) < 4.78 is 3.65. The summed E-state index contributed by atoms with van der Waals surface area (Å²) >= 11 is 1.68. The van der Waals surface area contributed by atoms with Crippen molar-refractivity contribution < 1.29 is 0 Å². The molecule has 28 heavy (non-hydrogen) atoms. The molecular formula is C21H21N5OS. The SMILES string of the molecule is Cn1c(Nc2cccc(Cn3ccnc3)c2)nc2sc3c(c2c1=O)CCCC3. The highest BCUT2D eigenvalue weighted by atomic mass is 32.1. The van der Waals surface area contributed by atoms with Crippen LogP contribution in [0.15, 0.2) is 47.8 Å². The molecule has 0 saturated heterocycles. The van der Waals surface area contributed by atoms with Gasteiger partial charge >= 0.3 is 0 Å². The molecule has 3 aromatic heterocycles. The van der Waals surface area contributed by atoms with Gasteiger partial charge in [0.05, 0.1) is 11.7 Å². The summed E-state index contributed by atoms with van der Waals surface area (Å²) in [5.74, 6) is 0.580. The average Bonchev–Trinajstić information content (AvgIpc) is 3.33. The molecule has 0 aliphatic heterocycles. The molecule has 0 fully saturated rings. The number of anilines is 2. The Morgan fingerprint density at radius 3 is 3.00 bits per heavy atom. The van der Waals surface area contributed by atoms with Crippen LogP contribution in [0.2, 0.25) is 0 Å². The minimum absolute atomic E-state index is 0.0430. The molecule has 0 amide bonds. The molecule has 0 atom stereocenters. The van der Waals surface area contributed by atoms with Crippen molar-refractivity contribution in [2.75, 3.05) is 5.32 Å². The molecule has 6 nitrogen and oxygen atoms in total. The largest absolute Gasteiger partial charge is 0.333 e. The quantitative estimate of drug-likeness (QED) is 0.574. The van der Waals surface area contributed by atoms with Crippen molar-refractivity contribution in [1.29, 1.82) is 0 Å². The smallest absolute Gasteiger partial charge is 0.263 e.